The van der Waals surface area contributed by atoms with Crippen molar-refractivity contribution >= 4 is 5.91 Å². The van der Waals surface area contributed by atoms with Crippen molar-refractivity contribution in [1.82, 2.24) is 10.6 Å². The molecule has 1 aliphatic heterocycles. The van der Waals surface area contributed by atoms with Crippen molar-refractivity contribution in [3.8, 4) is 0 Å². The Morgan fingerprint density at radius 3 is 2.88 bits per heavy atom. The van der Waals surface area contributed by atoms with Gasteiger partial charge in [-0.05, 0) is 18.3 Å². The third-order valence-corrected chi connectivity index (χ3v) is 3.11. The third-order valence-electron chi connectivity index (χ3n) is 3.11. The van der Waals surface area contributed by atoms with E-state index in [1.54, 1.807) is 0 Å². The van der Waals surface area contributed by atoms with Gasteiger partial charge in [0.25, 0.3) is 0 Å². The van der Waals surface area contributed by atoms with Crippen LogP contribution in [0.25, 0.3) is 0 Å². The first-order valence-corrected chi connectivity index (χ1v) is 6.67. The Hall–Kier alpha value is -0.610. The molecule has 100 valence electrons. The van der Waals surface area contributed by atoms with Gasteiger partial charge in [-0.3, -0.25) is 4.79 Å². The minimum absolute atomic E-state index is 0.144. The molecule has 1 aliphatic rings. The summed E-state index contributed by atoms with van der Waals surface area (Å²) in [5.41, 5.74) is 0. The molecule has 1 amide bonds. The molecule has 4 heteroatoms. The highest BCUT2D eigenvalue weighted by molar-refractivity contribution is 5.76. The van der Waals surface area contributed by atoms with Gasteiger partial charge in [-0.15, -0.1) is 0 Å². The van der Waals surface area contributed by atoms with Crippen LogP contribution in [0.15, 0.2) is 0 Å². The van der Waals surface area contributed by atoms with E-state index < -0.39 is 0 Å². The second-order valence-electron chi connectivity index (χ2n) is 5.35. The smallest absolute Gasteiger partial charge is 0.221 e. The Morgan fingerprint density at radius 2 is 2.24 bits per heavy atom. The van der Waals surface area contributed by atoms with Gasteiger partial charge in [-0.1, -0.05) is 20.8 Å². The van der Waals surface area contributed by atoms with Crippen LogP contribution in [-0.2, 0) is 9.53 Å². The first-order chi connectivity index (χ1) is 8.09. The maximum atomic E-state index is 11.5. The van der Waals surface area contributed by atoms with Gasteiger partial charge in [-0.25, -0.2) is 0 Å². The van der Waals surface area contributed by atoms with E-state index in [0.717, 1.165) is 32.7 Å². The number of rotatable bonds is 6. The highest BCUT2D eigenvalue weighted by atomic mass is 16.5. The van der Waals surface area contributed by atoms with Crippen molar-refractivity contribution in [1.29, 1.82) is 0 Å². The zero-order valence-electron chi connectivity index (χ0n) is 11.3. The molecule has 0 saturated carbocycles. The van der Waals surface area contributed by atoms with Gasteiger partial charge in [0.2, 0.25) is 5.91 Å². The highest BCUT2D eigenvalue weighted by Crippen LogP contribution is 2.13. The second kappa shape index (κ2) is 7.67. The maximum Gasteiger partial charge on any atom is 0.221 e. The standard InChI is InChI=1S/C13H26N2O2/c1-10(2)8-15-13(16)4-6-14-12-5-7-17-9-11(12)3/h10-12,14H,4-9H2,1-3H3,(H,15,16). The van der Waals surface area contributed by atoms with Crippen molar-refractivity contribution in [3.05, 3.63) is 0 Å². The van der Waals surface area contributed by atoms with Crippen LogP contribution in [0.4, 0.5) is 0 Å². The van der Waals surface area contributed by atoms with Gasteiger partial charge in [-0.2, -0.15) is 0 Å². The maximum absolute atomic E-state index is 11.5. The van der Waals surface area contributed by atoms with E-state index in [1.165, 1.54) is 0 Å². The van der Waals surface area contributed by atoms with E-state index in [9.17, 15) is 4.79 Å². The fraction of sp³-hybridized carbons (Fsp3) is 0.923. The Bertz CT molecular complexity index is 231. The fourth-order valence-corrected chi connectivity index (χ4v) is 1.96. The molecular weight excluding hydrogens is 216 g/mol. The monoisotopic (exact) mass is 242 g/mol. The van der Waals surface area contributed by atoms with Gasteiger partial charge in [0.1, 0.15) is 0 Å². The lowest BCUT2D eigenvalue weighted by molar-refractivity contribution is -0.121. The molecule has 0 aliphatic carbocycles. The van der Waals surface area contributed by atoms with Crippen LogP contribution < -0.4 is 10.6 Å². The van der Waals surface area contributed by atoms with Crippen LogP contribution >= 0.6 is 0 Å². The normalized spacial score (nSPS) is 24.9. The molecule has 0 aromatic rings. The van der Waals surface area contributed by atoms with Gasteiger partial charge in [0.05, 0.1) is 6.61 Å². The van der Waals surface area contributed by atoms with Crippen molar-refractivity contribution < 1.29 is 9.53 Å². The second-order valence-corrected chi connectivity index (χ2v) is 5.35. The molecule has 1 fully saturated rings. The first-order valence-electron chi connectivity index (χ1n) is 6.67. The SMILES string of the molecule is CC(C)CNC(=O)CCNC1CCOCC1C. The summed E-state index contributed by atoms with van der Waals surface area (Å²) >= 11 is 0. The van der Waals surface area contributed by atoms with Gasteiger partial charge < -0.3 is 15.4 Å². The largest absolute Gasteiger partial charge is 0.381 e. The van der Waals surface area contributed by atoms with Crippen LogP contribution in [0.3, 0.4) is 0 Å². The van der Waals surface area contributed by atoms with Crippen LogP contribution in [0.1, 0.15) is 33.6 Å². The van der Waals surface area contributed by atoms with Crippen molar-refractivity contribution in [2.24, 2.45) is 11.8 Å². The quantitative estimate of drug-likeness (QED) is 0.735. The van der Waals surface area contributed by atoms with Crippen molar-refractivity contribution in [2.45, 2.75) is 39.7 Å². The lowest BCUT2D eigenvalue weighted by Gasteiger charge is -2.29. The summed E-state index contributed by atoms with van der Waals surface area (Å²) in [6, 6.07) is 0.502. The molecule has 4 nitrogen and oxygen atoms in total. The van der Waals surface area contributed by atoms with Crippen LogP contribution in [0.2, 0.25) is 0 Å². The zero-order valence-corrected chi connectivity index (χ0v) is 11.3. The lowest BCUT2D eigenvalue weighted by atomic mass is 9.98. The lowest BCUT2D eigenvalue weighted by Crippen LogP contribution is -2.42. The van der Waals surface area contributed by atoms with E-state index in [4.69, 9.17) is 4.74 Å². The topological polar surface area (TPSA) is 50.4 Å². The molecule has 0 aromatic carbocycles. The number of nitrogens with one attached hydrogen (secondary N) is 2. The van der Waals surface area contributed by atoms with Crippen molar-refractivity contribution in [2.75, 3.05) is 26.3 Å². The molecule has 17 heavy (non-hydrogen) atoms. The number of ether oxygens (including phenoxy) is 1. The predicted molar refractivity (Wildman–Crippen MR) is 68.9 cm³/mol. The minimum atomic E-state index is 0.144. The van der Waals surface area contributed by atoms with E-state index >= 15 is 0 Å². The summed E-state index contributed by atoms with van der Waals surface area (Å²) in [4.78, 5) is 11.5. The van der Waals surface area contributed by atoms with Crippen LogP contribution in [0.5, 0.6) is 0 Å². The summed E-state index contributed by atoms with van der Waals surface area (Å²) in [7, 11) is 0. The summed E-state index contributed by atoms with van der Waals surface area (Å²) in [5.74, 6) is 1.20. The molecule has 1 saturated heterocycles. The molecule has 0 radical (unpaired) electrons. The van der Waals surface area contributed by atoms with Crippen molar-refractivity contribution in [3.63, 3.8) is 0 Å². The summed E-state index contributed by atoms with van der Waals surface area (Å²) in [6.07, 6.45) is 1.62. The number of hydrogen-bond acceptors (Lipinski definition) is 3. The molecular formula is C13H26N2O2. The molecule has 2 N–H and O–H groups in total. The predicted octanol–water partition coefficient (Wildman–Crippen LogP) is 1.16. The minimum Gasteiger partial charge on any atom is -0.381 e. The Balaban J connectivity index is 2.08. The molecule has 2 unspecified atom stereocenters. The van der Waals surface area contributed by atoms with E-state index in [1.807, 2.05) is 0 Å². The molecule has 0 spiro atoms. The number of carbonyl (C=O) groups is 1. The zero-order chi connectivity index (χ0) is 12.7. The number of carbonyl (C=O) groups excluding carboxylic acids is 1. The molecule has 0 bridgehead atoms. The number of hydrogen-bond donors (Lipinski definition) is 2. The molecule has 1 rings (SSSR count). The average Bonchev–Trinajstić information content (AvgIpc) is 2.29. The third kappa shape index (κ3) is 6.03. The van der Waals surface area contributed by atoms with Crippen LogP contribution in [0, 0.1) is 11.8 Å². The Kier molecular flexibility index (Phi) is 6.52. The Morgan fingerprint density at radius 1 is 1.47 bits per heavy atom. The highest BCUT2D eigenvalue weighted by Gasteiger charge is 2.21. The molecule has 2 atom stereocenters. The van der Waals surface area contributed by atoms with Crippen LogP contribution in [-0.4, -0.2) is 38.3 Å². The van der Waals surface area contributed by atoms with E-state index in [0.29, 0.717) is 24.3 Å². The van der Waals surface area contributed by atoms with Gasteiger partial charge >= 0.3 is 0 Å². The average molecular weight is 242 g/mol. The van der Waals surface area contributed by atoms with Gasteiger partial charge in [0.15, 0.2) is 0 Å². The van der Waals surface area contributed by atoms with E-state index in [2.05, 4.69) is 31.4 Å². The Labute approximate surface area is 104 Å². The summed E-state index contributed by atoms with van der Waals surface area (Å²) < 4.78 is 5.39. The summed E-state index contributed by atoms with van der Waals surface area (Å²) in [6.45, 7) is 9.59. The van der Waals surface area contributed by atoms with Gasteiger partial charge in [0, 0.05) is 32.2 Å². The first kappa shape index (κ1) is 14.5. The van der Waals surface area contributed by atoms with E-state index in [-0.39, 0.29) is 5.91 Å². The molecule has 1 heterocycles. The molecule has 0 aromatic heterocycles. The number of amides is 1. The fourth-order valence-electron chi connectivity index (χ4n) is 1.96. The summed E-state index contributed by atoms with van der Waals surface area (Å²) in [5, 5.41) is 6.38.